The molecule has 52 heavy (non-hydrogen) atoms. The predicted octanol–water partition coefficient (Wildman–Crippen LogP) is 9.17. The minimum atomic E-state index is -1.01. The lowest BCUT2D eigenvalue weighted by atomic mass is 10.1. The molecule has 0 aliphatic carbocycles. The highest BCUT2D eigenvalue weighted by Crippen LogP contribution is 2.20. The highest BCUT2D eigenvalue weighted by atomic mass is 16.6. The fourth-order valence-corrected chi connectivity index (χ4v) is 6.35. The van der Waals surface area contributed by atoms with Crippen molar-refractivity contribution in [2.45, 2.75) is 143 Å². The summed E-state index contributed by atoms with van der Waals surface area (Å²) in [5, 5.41) is 22.1. The van der Waals surface area contributed by atoms with E-state index in [4.69, 9.17) is 9.47 Å². The number of non-ortho nitro benzene ring substituents is 2. The Morgan fingerprint density at radius 2 is 0.904 bits per heavy atom. The second-order valence-corrected chi connectivity index (χ2v) is 13.4. The van der Waals surface area contributed by atoms with Crippen molar-refractivity contribution >= 4 is 23.3 Å². The van der Waals surface area contributed by atoms with Crippen molar-refractivity contribution in [3.63, 3.8) is 0 Å². The molecule has 0 heterocycles. The number of aryl methyl sites for hydroxylation is 2. The van der Waals surface area contributed by atoms with Gasteiger partial charge in [-0.15, -0.1) is 0 Å². The molecule has 0 amide bonds. The number of nitro groups is 2. The molecule has 2 rings (SSSR count). The Bertz CT molecular complexity index is 1220. The van der Waals surface area contributed by atoms with E-state index in [0.717, 1.165) is 75.6 Å². The first-order valence-electron chi connectivity index (χ1n) is 19.5. The minimum Gasteiger partial charge on any atom is -0.438 e. The standard InChI is InChI=1S/C40H62N4O8/c1-5-9-11-13-15-31-41(7-3)37(21-17-19-33-23-27-35(28-24-33)43(47)48)51-39(45)40(46)52-38(42(8-4)32-16-14-12-10-6-2)22-18-20-34-25-29-36(30-26-34)44(49)50/h23-30,37-38H,5-22,31-32H2,1-4H3. The van der Waals surface area contributed by atoms with Gasteiger partial charge in [0.25, 0.3) is 11.4 Å². The zero-order valence-corrected chi connectivity index (χ0v) is 32.0. The highest BCUT2D eigenvalue weighted by molar-refractivity contribution is 6.29. The number of hydrogen-bond acceptors (Lipinski definition) is 10. The lowest BCUT2D eigenvalue weighted by Gasteiger charge is -2.32. The van der Waals surface area contributed by atoms with Crippen molar-refractivity contribution in [1.29, 1.82) is 0 Å². The lowest BCUT2D eigenvalue weighted by Crippen LogP contribution is -2.44. The van der Waals surface area contributed by atoms with Crippen LogP contribution in [0.15, 0.2) is 48.5 Å². The van der Waals surface area contributed by atoms with Crippen LogP contribution >= 0.6 is 0 Å². The summed E-state index contributed by atoms with van der Waals surface area (Å²) in [5.74, 6) is -2.02. The molecule has 2 unspecified atom stereocenters. The molecular formula is C40H62N4O8. The van der Waals surface area contributed by atoms with Gasteiger partial charge in [-0.2, -0.15) is 0 Å². The van der Waals surface area contributed by atoms with E-state index >= 15 is 0 Å². The third kappa shape index (κ3) is 17.1. The Hall–Kier alpha value is -3.90. The minimum absolute atomic E-state index is 0.0390. The van der Waals surface area contributed by atoms with Crippen LogP contribution in [-0.4, -0.2) is 70.2 Å². The molecule has 0 aliphatic heterocycles. The second kappa shape index (κ2) is 26.0. The first kappa shape index (κ1) is 44.3. The number of unbranched alkanes of at least 4 members (excludes halogenated alkanes) is 8. The first-order valence-corrected chi connectivity index (χ1v) is 19.5. The molecule has 2 atom stereocenters. The molecule has 0 radical (unpaired) electrons. The molecule has 0 N–H and O–H groups in total. The Morgan fingerprint density at radius 1 is 0.558 bits per heavy atom. The average molecular weight is 727 g/mol. The Labute approximate surface area is 310 Å². The van der Waals surface area contributed by atoms with Gasteiger partial charge in [0, 0.05) is 37.4 Å². The van der Waals surface area contributed by atoms with E-state index in [0.29, 0.717) is 51.6 Å². The fourth-order valence-electron chi connectivity index (χ4n) is 6.35. The van der Waals surface area contributed by atoms with Gasteiger partial charge in [-0.05, 0) is 75.6 Å². The van der Waals surface area contributed by atoms with Gasteiger partial charge in [-0.3, -0.25) is 30.0 Å². The van der Waals surface area contributed by atoms with Crippen LogP contribution in [0.1, 0.15) is 129 Å². The SMILES string of the molecule is CCCCCCCN(CC)C(CCCc1ccc([N+](=O)[O-])cc1)OC(=O)C(=O)OC(CCCc1ccc([N+](=O)[O-])cc1)N(CC)CCCCCCC. The van der Waals surface area contributed by atoms with Crippen molar-refractivity contribution in [3.8, 4) is 0 Å². The Kier molecular flexibility index (Phi) is 22.1. The smallest absolute Gasteiger partial charge is 0.419 e. The van der Waals surface area contributed by atoms with Crippen molar-refractivity contribution in [2.75, 3.05) is 26.2 Å². The van der Waals surface area contributed by atoms with Gasteiger partial charge in [0.05, 0.1) is 9.85 Å². The van der Waals surface area contributed by atoms with E-state index in [1.165, 1.54) is 37.1 Å². The molecule has 0 saturated heterocycles. The number of carbonyl (C=O) groups excluding carboxylic acids is 2. The predicted molar refractivity (Wildman–Crippen MR) is 204 cm³/mol. The summed E-state index contributed by atoms with van der Waals surface area (Å²) in [6, 6.07) is 12.9. The van der Waals surface area contributed by atoms with Gasteiger partial charge in [-0.25, -0.2) is 9.59 Å². The second-order valence-electron chi connectivity index (χ2n) is 13.4. The maximum atomic E-state index is 13.4. The number of esters is 2. The Morgan fingerprint density at radius 3 is 1.21 bits per heavy atom. The number of hydrogen-bond donors (Lipinski definition) is 0. The molecule has 12 heteroatoms. The molecule has 2 aromatic rings. The summed E-state index contributed by atoms with van der Waals surface area (Å²) < 4.78 is 11.9. The van der Waals surface area contributed by atoms with Gasteiger partial charge in [0.15, 0.2) is 12.5 Å². The lowest BCUT2D eigenvalue weighted by molar-refractivity contribution is -0.385. The summed E-state index contributed by atoms with van der Waals surface area (Å²) in [6.07, 6.45) is 13.3. The molecule has 0 fully saturated rings. The van der Waals surface area contributed by atoms with E-state index in [9.17, 15) is 29.8 Å². The fraction of sp³-hybridized carbons (Fsp3) is 0.650. The topological polar surface area (TPSA) is 145 Å². The van der Waals surface area contributed by atoms with E-state index < -0.39 is 34.2 Å². The highest BCUT2D eigenvalue weighted by Gasteiger charge is 2.30. The summed E-state index contributed by atoms with van der Waals surface area (Å²) in [7, 11) is 0. The van der Waals surface area contributed by atoms with Gasteiger partial charge in [0.1, 0.15) is 0 Å². The van der Waals surface area contributed by atoms with Crippen molar-refractivity contribution in [1.82, 2.24) is 9.80 Å². The van der Waals surface area contributed by atoms with Crippen molar-refractivity contribution in [2.24, 2.45) is 0 Å². The van der Waals surface area contributed by atoms with Crippen LogP contribution in [0.25, 0.3) is 0 Å². The number of rotatable bonds is 28. The molecule has 0 saturated carbocycles. The van der Waals surface area contributed by atoms with Crippen molar-refractivity contribution < 1.29 is 28.9 Å². The van der Waals surface area contributed by atoms with E-state index in [1.54, 1.807) is 24.3 Å². The Balaban J connectivity index is 2.13. The molecule has 0 bridgehead atoms. The monoisotopic (exact) mass is 726 g/mol. The van der Waals surface area contributed by atoms with Crippen molar-refractivity contribution in [3.05, 3.63) is 79.9 Å². The molecule has 0 spiro atoms. The normalized spacial score (nSPS) is 12.5. The van der Waals surface area contributed by atoms with Crippen LogP contribution in [0.4, 0.5) is 11.4 Å². The van der Waals surface area contributed by atoms with Gasteiger partial charge >= 0.3 is 11.9 Å². The molecule has 0 aromatic heterocycles. The van der Waals surface area contributed by atoms with Crippen LogP contribution < -0.4 is 0 Å². The summed E-state index contributed by atoms with van der Waals surface area (Å²) in [5.41, 5.74) is 1.97. The molecular weight excluding hydrogens is 664 g/mol. The van der Waals surface area contributed by atoms with Crippen LogP contribution in [-0.2, 0) is 31.9 Å². The van der Waals surface area contributed by atoms with E-state index in [2.05, 4.69) is 23.6 Å². The number of nitro benzene ring substituents is 2. The number of benzene rings is 2. The summed E-state index contributed by atoms with van der Waals surface area (Å²) in [4.78, 5) is 52.3. The maximum absolute atomic E-state index is 13.4. The van der Waals surface area contributed by atoms with Gasteiger partial charge < -0.3 is 9.47 Å². The van der Waals surface area contributed by atoms with Crippen LogP contribution in [0, 0.1) is 20.2 Å². The maximum Gasteiger partial charge on any atom is 0.419 e. The zero-order chi connectivity index (χ0) is 38.1. The van der Waals surface area contributed by atoms with Crippen LogP contribution in [0.3, 0.4) is 0 Å². The average Bonchev–Trinajstić information content (AvgIpc) is 3.14. The molecule has 290 valence electrons. The van der Waals surface area contributed by atoms with Crippen LogP contribution in [0.2, 0.25) is 0 Å². The quantitative estimate of drug-likeness (QED) is 0.0208. The molecule has 2 aromatic carbocycles. The van der Waals surface area contributed by atoms with Gasteiger partial charge in [-0.1, -0.05) is 103 Å². The number of nitrogens with zero attached hydrogens (tertiary/aromatic N) is 4. The zero-order valence-electron chi connectivity index (χ0n) is 32.0. The van der Waals surface area contributed by atoms with Gasteiger partial charge in [0.2, 0.25) is 0 Å². The van der Waals surface area contributed by atoms with E-state index in [1.807, 2.05) is 13.8 Å². The summed E-state index contributed by atoms with van der Waals surface area (Å²) >= 11 is 0. The number of ether oxygens (including phenoxy) is 2. The van der Waals surface area contributed by atoms with Crippen LogP contribution in [0.5, 0.6) is 0 Å². The summed E-state index contributed by atoms with van der Waals surface area (Å²) in [6.45, 7) is 11.1. The first-order chi connectivity index (χ1) is 25.1. The molecule has 0 aliphatic rings. The largest absolute Gasteiger partial charge is 0.438 e. The third-order valence-electron chi connectivity index (χ3n) is 9.50. The number of carbonyl (C=O) groups is 2. The van der Waals surface area contributed by atoms with E-state index in [-0.39, 0.29) is 11.4 Å². The third-order valence-corrected chi connectivity index (χ3v) is 9.50. The molecule has 12 nitrogen and oxygen atoms in total.